The van der Waals surface area contributed by atoms with Gasteiger partial charge < -0.3 is 0 Å². The van der Waals surface area contributed by atoms with Crippen LogP contribution < -0.4 is 0 Å². The molecular weight excluding hydrogens is 273 g/mol. The Morgan fingerprint density at radius 1 is 1.23 bits per heavy atom. The van der Waals surface area contributed by atoms with Crippen molar-refractivity contribution in [2.75, 3.05) is 8.86 Å². The average molecular weight is 285 g/mol. The van der Waals surface area contributed by atoms with Crippen molar-refractivity contribution in [1.29, 1.82) is 0 Å². The summed E-state index contributed by atoms with van der Waals surface area (Å²) < 4.78 is 4.76. The molecule has 0 bridgehead atoms. The first kappa shape index (κ1) is 7.85. The molecule has 68 valence electrons. The Morgan fingerprint density at radius 3 is 2.85 bits per heavy atom. The van der Waals surface area contributed by atoms with Crippen molar-refractivity contribution < 1.29 is 0 Å². The number of rotatable bonds is 1. The number of H-pyrrole nitrogens is 1. The van der Waals surface area contributed by atoms with Crippen LogP contribution in [0.3, 0.4) is 0 Å². The maximum atomic E-state index is 3.36. The van der Waals surface area contributed by atoms with E-state index < -0.39 is 19.8 Å². The molecule has 1 saturated heterocycles. The van der Waals surface area contributed by atoms with Gasteiger partial charge in [0, 0.05) is 0 Å². The number of alkyl halides is 2. The van der Waals surface area contributed by atoms with Gasteiger partial charge in [-0.15, -0.1) is 0 Å². The normalized spacial score (nSPS) is 18.1. The summed E-state index contributed by atoms with van der Waals surface area (Å²) >= 11 is -0.551. The predicted octanol–water partition coefficient (Wildman–Crippen LogP) is 3.17. The maximum absolute atomic E-state index is 3.36. The van der Waals surface area contributed by atoms with Crippen molar-refractivity contribution in [3.8, 4) is 0 Å². The second-order valence-electron chi connectivity index (χ2n) is 3.52. The minimum absolute atomic E-state index is 0.551. The van der Waals surface area contributed by atoms with E-state index in [9.17, 15) is 0 Å². The van der Waals surface area contributed by atoms with Gasteiger partial charge in [0.15, 0.2) is 0 Å². The Labute approximate surface area is 84.9 Å². The Morgan fingerprint density at radius 2 is 2.08 bits per heavy atom. The fourth-order valence-electron chi connectivity index (χ4n) is 1.67. The molecule has 0 saturated carbocycles. The van der Waals surface area contributed by atoms with Crippen molar-refractivity contribution in [2.45, 2.75) is 6.92 Å². The summed E-state index contributed by atoms with van der Waals surface area (Å²) in [6.45, 7) is 2.12. The van der Waals surface area contributed by atoms with Crippen LogP contribution in [0.15, 0.2) is 24.3 Å². The van der Waals surface area contributed by atoms with E-state index in [4.69, 9.17) is 0 Å². The van der Waals surface area contributed by atoms with E-state index in [1.165, 1.54) is 16.6 Å². The van der Waals surface area contributed by atoms with Gasteiger partial charge in [-0.2, -0.15) is 0 Å². The molecule has 0 unspecified atom stereocenters. The molecule has 1 fully saturated rings. The van der Waals surface area contributed by atoms with Crippen molar-refractivity contribution in [3.05, 3.63) is 33.5 Å². The van der Waals surface area contributed by atoms with Crippen molar-refractivity contribution >= 4 is 30.7 Å². The molecule has 1 aliphatic heterocycles. The number of hydrogen-bond donors (Lipinski definition) is 1. The standard InChI is InChI=1S/C11H12IN/c1-8-6-9-7-10(12-4-5-12)2-3-11(9)13-8/h2-3,6-7,13H,4-5H2,1H3. The SMILES string of the molecule is Cc1cc2cc(I3CC3)ccc2[nH]1. The molecule has 0 spiro atoms. The Kier molecular flexibility index (Phi) is 1.65. The van der Waals surface area contributed by atoms with Crippen LogP contribution in [0.1, 0.15) is 5.69 Å². The summed E-state index contributed by atoms with van der Waals surface area (Å²) in [7, 11) is 0. The molecule has 2 heterocycles. The summed E-state index contributed by atoms with van der Waals surface area (Å²) in [5.41, 5.74) is 2.56. The zero-order valence-corrected chi connectivity index (χ0v) is 9.76. The summed E-state index contributed by atoms with van der Waals surface area (Å²) in [6, 6.07) is 9.22. The fourth-order valence-corrected chi connectivity index (χ4v) is 5.95. The van der Waals surface area contributed by atoms with Gasteiger partial charge in [0.2, 0.25) is 0 Å². The van der Waals surface area contributed by atoms with Gasteiger partial charge in [-0.3, -0.25) is 0 Å². The van der Waals surface area contributed by atoms with Gasteiger partial charge in [-0.05, 0) is 0 Å². The summed E-state index contributed by atoms with van der Waals surface area (Å²) in [5.74, 6) is 0. The molecule has 1 aromatic carbocycles. The molecule has 2 aromatic rings. The molecule has 1 N–H and O–H groups in total. The fraction of sp³-hybridized carbons (Fsp3) is 0.273. The molecule has 1 aromatic heterocycles. The van der Waals surface area contributed by atoms with Gasteiger partial charge in [0.1, 0.15) is 0 Å². The van der Waals surface area contributed by atoms with Crippen LogP contribution in [0.4, 0.5) is 0 Å². The van der Waals surface area contributed by atoms with Crippen LogP contribution in [0.25, 0.3) is 10.9 Å². The van der Waals surface area contributed by atoms with E-state index >= 15 is 0 Å². The third kappa shape index (κ3) is 1.37. The van der Waals surface area contributed by atoms with Gasteiger partial charge in [-0.1, -0.05) is 0 Å². The predicted molar refractivity (Wildman–Crippen MR) is 65.5 cm³/mol. The molecule has 13 heavy (non-hydrogen) atoms. The third-order valence-corrected chi connectivity index (χ3v) is 6.99. The monoisotopic (exact) mass is 285 g/mol. The summed E-state index contributed by atoms with van der Waals surface area (Å²) in [4.78, 5) is 3.36. The number of aromatic amines is 1. The van der Waals surface area contributed by atoms with Crippen molar-refractivity contribution in [2.24, 2.45) is 0 Å². The van der Waals surface area contributed by atoms with Gasteiger partial charge in [0.25, 0.3) is 0 Å². The molecule has 3 rings (SSSR count). The second kappa shape index (κ2) is 2.74. The zero-order chi connectivity index (χ0) is 8.84. The molecule has 0 amide bonds. The van der Waals surface area contributed by atoms with Crippen molar-refractivity contribution in [3.63, 3.8) is 0 Å². The van der Waals surface area contributed by atoms with E-state index in [1.807, 2.05) is 0 Å². The van der Waals surface area contributed by atoms with Crippen LogP contribution in [0.5, 0.6) is 0 Å². The van der Waals surface area contributed by atoms with Crippen LogP contribution in [0.2, 0.25) is 0 Å². The van der Waals surface area contributed by atoms with E-state index in [1.54, 1.807) is 12.4 Å². The average Bonchev–Trinajstić information content (AvgIpc) is 2.87. The first-order chi connectivity index (χ1) is 6.33. The molecule has 0 aliphatic carbocycles. The Balaban J connectivity index is 2.20. The van der Waals surface area contributed by atoms with Crippen LogP contribution in [-0.2, 0) is 0 Å². The number of nitrogens with one attached hydrogen (secondary N) is 1. The number of aryl methyl sites for hydroxylation is 1. The Hall–Kier alpha value is -0.510. The first-order valence-electron chi connectivity index (χ1n) is 4.54. The van der Waals surface area contributed by atoms with E-state index in [0.717, 1.165) is 0 Å². The van der Waals surface area contributed by atoms with Gasteiger partial charge >= 0.3 is 85.0 Å². The Bertz CT molecular complexity index is 454. The summed E-state index contributed by atoms with van der Waals surface area (Å²) in [5, 5.41) is 1.40. The first-order valence-corrected chi connectivity index (χ1v) is 8.67. The van der Waals surface area contributed by atoms with Gasteiger partial charge in [-0.25, -0.2) is 0 Å². The third-order valence-electron chi connectivity index (χ3n) is 2.40. The topological polar surface area (TPSA) is 15.8 Å². The molecule has 0 radical (unpaired) electrons. The quantitative estimate of drug-likeness (QED) is 0.612. The number of hydrogen-bond acceptors (Lipinski definition) is 0. The number of halogens is 1. The molecular formula is C11H12IN. The molecule has 2 heteroatoms. The molecule has 1 aliphatic rings. The molecule has 0 atom stereocenters. The van der Waals surface area contributed by atoms with E-state index in [-0.39, 0.29) is 0 Å². The minimum atomic E-state index is -0.551. The van der Waals surface area contributed by atoms with E-state index in [0.29, 0.717) is 0 Å². The molecule has 1 nitrogen and oxygen atoms in total. The zero-order valence-electron chi connectivity index (χ0n) is 7.60. The van der Waals surface area contributed by atoms with Crippen LogP contribution in [0, 0.1) is 10.5 Å². The van der Waals surface area contributed by atoms with E-state index in [2.05, 4.69) is 36.2 Å². The van der Waals surface area contributed by atoms with Gasteiger partial charge in [0.05, 0.1) is 0 Å². The number of fused-ring (bicyclic) bond motifs is 1. The van der Waals surface area contributed by atoms with Crippen LogP contribution >= 0.6 is 19.8 Å². The number of benzene rings is 1. The summed E-state index contributed by atoms with van der Waals surface area (Å²) in [6.07, 6.45) is 0. The second-order valence-corrected chi connectivity index (χ2v) is 9.53. The van der Waals surface area contributed by atoms with Crippen molar-refractivity contribution in [1.82, 2.24) is 4.98 Å². The van der Waals surface area contributed by atoms with Crippen LogP contribution in [-0.4, -0.2) is 13.8 Å². The number of aromatic nitrogens is 1.